The minimum atomic E-state index is -0.514. The summed E-state index contributed by atoms with van der Waals surface area (Å²) in [5, 5.41) is 0. The van der Waals surface area contributed by atoms with Crippen molar-refractivity contribution in [2.75, 3.05) is 7.05 Å². The number of ether oxygens (including phenoxy) is 1. The van der Waals surface area contributed by atoms with E-state index in [1.807, 2.05) is 0 Å². The number of hydrogen-bond acceptors (Lipinski definition) is 4. The molecule has 19 heavy (non-hydrogen) atoms. The van der Waals surface area contributed by atoms with Crippen molar-refractivity contribution in [2.45, 2.75) is 45.8 Å². The fraction of sp³-hybridized carbons (Fsp3) is 0.571. The van der Waals surface area contributed by atoms with Gasteiger partial charge in [-0.15, -0.1) is 0 Å². The van der Waals surface area contributed by atoms with E-state index in [1.165, 1.54) is 4.90 Å². The minimum Gasteiger partial charge on any atom is -0.467 e. The summed E-state index contributed by atoms with van der Waals surface area (Å²) in [6, 6.07) is 3.58. The molecule has 0 saturated carbocycles. The van der Waals surface area contributed by atoms with Crippen LogP contribution in [0.15, 0.2) is 22.8 Å². The molecule has 0 spiro atoms. The zero-order valence-electron chi connectivity index (χ0n) is 11.9. The molecule has 0 aliphatic rings. The quantitative estimate of drug-likeness (QED) is 0.768. The van der Waals surface area contributed by atoms with Crippen LogP contribution in [0.25, 0.3) is 0 Å². The lowest BCUT2D eigenvalue weighted by atomic mass is 10.2. The monoisotopic (exact) mass is 267 g/mol. The number of carbonyl (C=O) groups excluding carboxylic acids is 2. The largest absolute Gasteiger partial charge is 0.467 e. The van der Waals surface area contributed by atoms with Crippen LogP contribution in [0.3, 0.4) is 0 Å². The molecule has 0 aromatic carbocycles. The van der Waals surface area contributed by atoms with Crippen LogP contribution in [-0.2, 0) is 20.9 Å². The van der Waals surface area contributed by atoms with Crippen LogP contribution in [0.4, 0.5) is 0 Å². The maximum atomic E-state index is 11.8. The lowest BCUT2D eigenvalue weighted by Crippen LogP contribution is -2.28. The molecule has 5 nitrogen and oxygen atoms in total. The summed E-state index contributed by atoms with van der Waals surface area (Å²) in [4.78, 5) is 24.8. The van der Waals surface area contributed by atoms with Crippen LogP contribution in [0.2, 0.25) is 0 Å². The first-order chi connectivity index (χ1) is 8.78. The lowest BCUT2D eigenvalue weighted by Gasteiger charge is -2.20. The third-order valence-corrected chi connectivity index (χ3v) is 2.36. The Hall–Kier alpha value is -1.78. The molecule has 0 atom stereocenters. The van der Waals surface area contributed by atoms with Gasteiger partial charge in [0.05, 0.1) is 19.2 Å². The molecular formula is C14H21NO4. The molecule has 0 unspecified atom stereocenters. The van der Waals surface area contributed by atoms with Crippen molar-refractivity contribution in [1.82, 2.24) is 4.90 Å². The van der Waals surface area contributed by atoms with E-state index in [-0.39, 0.29) is 24.7 Å². The van der Waals surface area contributed by atoms with E-state index in [2.05, 4.69) is 0 Å². The average molecular weight is 267 g/mol. The Morgan fingerprint density at radius 1 is 1.32 bits per heavy atom. The van der Waals surface area contributed by atoms with Gasteiger partial charge in [-0.25, -0.2) is 0 Å². The Morgan fingerprint density at radius 2 is 2.00 bits per heavy atom. The third kappa shape index (κ3) is 6.08. The van der Waals surface area contributed by atoms with Crippen LogP contribution in [0, 0.1) is 0 Å². The molecule has 0 bridgehead atoms. The van der Waals surface area contributed by atoms with Gasteiger partial charge in [0.1, 0.15) is 11.4 Å². The highest BCUT2D eigenvalue weighted by atomic mass is 16.6. The van der Waals surface area contributed by atoms with Gasteiger partial charge in [0.2, 0.25) is 5.91 Å². The number of hydrogen-bond donors (Lipinski definition) is 0. The van der Waals surface area contributed by atoms with E-state index in [1.54, 1.807) is 46.2 Å². The Morgan fingerprint density at radius 3 is 2.53 bits per heavy atom. The summed E-state index contributed by atoms with van der Waals surface area (Å²) >= 11 is 0. The van der Waals surface area contributed by atoms with E-state index in [9.17, 15) is 9.59 Å². The van der Waals surface area contributed by atoms with Crippen LogP contribution < -0.4 is 0 Å². The van der Waals surface area contributed by atoms with E-state index < -0.39 is 5.60 Å². The number of furan rings is 1. The second-order valence-corrected chi connectivity index (χ2v) is 5.42. The Balaban J connectivity index is 2.32. The summed E-state index contributed by atoms with van der Waals surface area (Å²) in [6.45, 7) is 5.81. The number of amides is 1. The van der Waals surface area contributed by atoms with Crippen LogP contribution in [-0.4, -0.2) is 29.4 Å². The van der Waals surface area contributed by atoms with Crippen molar-refractivity contribution in [3.05, 3.63) is 24.2 Å². The normalized spacial score (nSPS) is 11.2. The predicted molar refractivity (Wildman–Crippen MR) is 70.3 cm³/mol. The standard InChI is InChI=1S/C14H21NO4/c1-14(2,3)19-13(17)8-7-12(16)15(4)10-11-6-5-9-18-11/h5-6,9H,7-8,10H2,1-4H3. The van der Waals surface area contributed by atoms with Crippen LogP contribution in [0.5, 0.6) is 0 Å². The second-order valence-electron chi connectivity index (χ2n) is 5.42. The van der Waals surface area contributed by atoms with Crippen molar-refractivity contribution in [1.29, 1.82) is 0 Å². The highest BCUT2D eigenvalue weighted by Crippen LogP contribution is 2.10. The first-order valence-corrected chi connectivity index (χ1v) is 6.26. The first-order valence-electron chi connectivity index (χ1n) is 6.26. The smallest absolute Gasteiger partial charge is 0.306 e. The molecule has 1 aromatic rings. The van der Waals surface area contributed by atoms with Gasteiger partial charge >= 0.3 is 5.97 Å². The van der Waals surface area contributed by atoms with Gasteiger partial charge in [0.25, 0.3) is 0 Å². The van der Waals surface area contributed by atoms with Crippen molar-refractivity contribution >= 4 is 11.9 Å². The molecule has 1 amide bonds. The molecule has 0 N–H and O–H groups in total. The average Bonchev–Trinajstić information content (AvgIpc) is 2.76. The first kappa shape index (κ1) is 15.3. The number of carbonyl (C=O) groups is 2. The molecular weight excluding hydrogens is 246 g/mol. The molecule has 106 valence electrons. The molecule has 1 aromatic heterocycles. The van der Waals surface area contributed by atoms with Gasteiger partial charge in [0, 0.05) is 13.5 Å². The number of rotatable bonds is 5. The minimum absolute atomic E-state index is 0.0958. The van der Waals surface area contributed by atoms with Gasteiger partial charge in [0.15, 0.2) is 0 Å². The fourth-order valence-corrected chi connectivity index (χ4v) is 1.52. The molecule has 0 aliphatic heterocycles. The molecule has 0 saturated heterocycles. The van der Waals surface area contributed by atoms with Gasteiger partial charge in [-0.05, 0) is 32.9 Å². The SMILES string of the molecule is CN(Cc1ccco1)C(=O)CCC(=O)OC(C)(C)C. The Bertz CT molecular complexity index is 417. The fourth-order valence-electron chi connectivity index (χ4n) is 1.52. The maximum absolute atomic E-state index is 11.8. The van der Waals surface area contributed by atoms with Crippen LogP contribution in [0.1, 0.15) is 39.4 Å². The molecule has 0 fully saturated rings. The van der Waals surface area contributed by atoms with Gasteiger partial charge in [-0.3, -0.25) is 9.59 Å². The van der Waals surface area contributed by atoms with E-state index in [4.69, 9.17) is 9.15 Å². The van der Waals surface area contributed by atoms with E-state index in [0.717, 1.165) is 0 Å². The molecule has 1 rings (SSSR count). The molecule has 5 heteroatoms. The van der Waals surface area contributed by atoms with Crippen molar-refractivity contribution in [2.24, 2.45) is 0 Å². The highest BCUT2D eigenvalue weighted by Gasteiger charge is 2.18. The third-order valence-electron chi connectivity index (χ3n) is 2.36. The Kier molecular flexibility index (Phi) is 5.15. The summed E-state index contributed by atoms with van der Waals surface area (Å²) in [6.07, 6.45) is 1.80. The van der Waals surface area contributed by atoms with Gasteiger partial charge in [-0.2, -0.15) is 0 Å². The summed E-state index contributed by atoms with van der Waals surface area (Å²) in [5.41, 5.74) is -0.514. The maximum Gasteiger partial charge on any atom is 0.306 e. The van der Waals surface area contributed by atoms with Crippen molar-refractivity contribution in [3.63, 3.8) is 0 Å². The summed E-state index contributed by atoms with van der Waals surface area (Å²) in [7, 11) is 1.68. The van der Waals surface area contributed by atoms with E-state index in [0.29, 0.717) is 12.3 Å². The zero-order valence-corrected chi connectivity index (χ0v) is 11.9. The molecule has 1 heterocycles. The molecule has 0 aliphatic carbocycles. The van der Waals surface area contributed by atoms with Crippen molar-refractivity contribution < 1.29 is 18.7 Å². The van der Waals surface area contributed by atoms with Gasteiger partial charge in [-0.1, -0.05) is 0 Å². The van der Waals surface area contributed by atoms with E-state index >= 15 is 0 Å². The van der Waals surface area contributed by atoms with Gasteiger partial charge < -0.3 is 14.1 Å². The highest BCUT2D eigenvalue weighted by molar-refractivity contribution is 5.81. The summed E-state index contributed by atoms with van der Waals surface area (Å²) < 4.78 is 10.3. The molecule has 0 radical (unpaired) electrons. The lowest BCUT2D eigenvalue weighted by molar-refractivity contribution is -0.156. The second kappa shape index (κ2) is 6.41. The number of esters is 1. The Labute approximate surface area is 113 Å². The van der Waals surface area contributed by atoms with Crippen LogP contribution >= 0.6 is 0 Å². The zero-order chi connectivity index (χ0) is 14.5. The summed E-state index contributed by atoms with van der Waals surface area (Å²) in [5.74, 6) is 0.252. The predicted octanol–water partition coefficient (Wildman–Crippen LogP) is 2.36. The number of nitrogens with zero attached hydrogens (tertiary/aromatic N) is 1. The topological polar surface area (TPSA) is 59.8 Å². The van der Waals surface area contributed by atoms with Crippen molar-refractivity contribution in [3.8, 4) is 0 Å².